The molecular formula is C11H16N2O3. The predicted octanol–water partition coefficient (Wildman–Crippen LogP) is 1.04. The van der Waals surface area contributed by atoms with Crippen molar-refractivity contribution in [3.8, 4) is 5.88 Å². The zero-order valence-corrected chi connectivity index (χ0v) is 9.47. The number of nitrogens with two attached hydrogens (primary N) is 1. The van der Waals surface area contributed by atoms with Crippen molar-refractivity contribution in [2.75, 3.05) is 13.7 Å². The van der Waals surface area contributed by atoms with Gasteiger partial charge in [-0.05, 0) is 13.0 Å². The predicted molar refractivity (Wildman–Crippen MR) is 59.0 cm³/mol. The summed E-state index contributed by atoms with van der Waals surface area (Å²) in [6, 6.07) is 4.80. The molecule has 1 aromatic heterocycles. The first-order valence-electron chi connectivity index (χ1n) is 5.09. The highest BCUT2D eigenvalue weighted by atomic mass is 16.5. The number of rotatable bonds is 5. The minimum atomic E-state index is -0.464. The number of hydrogen-bond donors (Lipinski definition) is 1. The molecule has 0 fully saturated rings. The lowest BCUT2D eigenvalue weighted by molar-refractivity contribution is -0.143. The molecule has 5 heteroatoms. The van der Waals surface area contributed by atoms with E-state index in [1.54, 1.807) is 25.1 Å². The maximum absolute atomic E-state index is 11.2. The smallest absolute Gasteiger partial charge is 0.307 e. The first-order valence-corrected chi connectivity index (χ1v) is 5.09. The molecule has 0 aliphatic carbocycles. The Labute approximate surface area is 94.6 Å². The fourth-order valence-corrected chi connectivity index (χ4v) is 1.26. The van der Waals surface area contributed by atoms with Crippen LogP contribution in [0, 0.1) is 0 Å². The number of hydrogen-bond acceptors (Lipinski definition) is 5. The van der Waals surface area contributed by atoms with E-state index in [0.29, 0.717) is 18.2 Å². The van der Waals surface area contributed by atoms with Crippen molar-refractivity contribution in [2.24, 2.45) is 5.73 Å². The van der Waals surface area contributed by atoms with E-state index in [-0.39, 0.29) is 12.4 Å². The number of methoxy groups -OCH3 is 1. The van der Waals surface area contributed by atoms with Crippen molar-refractivity contribution in [1.82, 2.24) is 4.98 Å². The number of ether oxygens (including phenoxy) is 2. The van der Waals surface area contributed by atoms with Gasteiger partial charge in [0.15, 0.2) is 0 Å². The zero-order valence-electron chi connectivity index (χ0n) is 9.47. The van der Waals surface area contributed by atoms with Crippen LogP contribution in [0.3, 0.4) is 0 Å². The summed E-state index contributed by atoms with van der Waals surface area (Å²) in [5.74, 6) is 0.163. The van der Waals surface area contributed by atoms with Crippen molar-refractivity contribution in [2.45, 2.75) is 19.4 Å². The van der Waals surface area contributed by atoms with E-state index in [1.807, 2.05) is 0 Å². The molecule has 0 radical (unpaired) electrons. The molecule has 5 nitrogen and oxygen atoms in total. The van der Waals surface area contributed by atoms with Crippen LogP contribution < -0.4 is 10.5 Å². The normalized spacial score (nSPS) is 11.9. The summed E-state index contributed by atoms with van der Waals surface area (Å²) >= 11 is 0. The summed E-state index contributed by atoms with van der Waals surface area (Å²) in [6.07, 6.45) is 0.119. The number of esters is 1. The molecule has 1 unspecified atom stereocenters. The number of carbonyl (C=O) groups is 1. The first-order chi connectivity index (χ1) is 7.67. The van der Waals surface area contributed by atoms with Crippen LogP contribution in [0.4, 0.5) is 0 Å². The minimum Gasteiger partial charge on any atom is -0.481 e. The second-order valence-electron chi connectivity index (χ2n) is 3.22. The van der Waals surface area contributed by atoms with E-state index in [9.17, 15) is 4.79 Å². The van der Waals surface area contributed by atoms with E-state index in [2.05, 4.69) is 4.98 Å². The molecular weight excluding hydrogens is 208 g/mol. The van der Waals surface area contributed by atoms with Crippen LogP contribution in [0.15, 0.2) is 18.2 Å². The third-order valence-electron chi connectivity index (χ3n) is 2.03. The van der Waals surface area contributed by atoms with E-state index in [0.717, 1.165) is 0 Å². The molecule has 0 saturated carbocycles. The van der Waals surface area contributed by atoms with Gasteiger partial charge in [-0.2, -0.15) is 0 Å². The summed E-state index contributed by atoms with van der Waals surface area (Å²) in [6.45, 7) is 2.12. The standard InChI is InChI=1S/C11H16N2O3/c1-3-16-11(14)7-8(12)9-5-4-6-10(13-9)15-2/h4-6,8H,3,7,12H2,1-2H3. The van der Waals surface area contributed by atoms with E-state index >= 15 is 0 Å². The topological polar surface area (TPSA) is 74.4 Å². The molecule has 1 rings (SSSR count). The highest BCUT2D eigenvalue weighted by molar-refractivity contribution is 5.70. The van der Waals surface area contributed by atoms with Gasteiger partial charge in [0.1, 0.15) is 0 Å². The molecule has 0 spiro atoms. The Balaban J connectivity index is 2.64. The monoisotopic (exact) mass is 224 g/mol. The maximum atomic E-state index is 11.2. The summed E-state index contributed by atoms with van der Waals surface area (Å²) in [7, 11) is 1.53. The number of carbonyl (C=O) groups excluding carboxylic acids is 1. The highest BCUT2D eigenvalue weighted by Gasteiger charge is 2.14. The lowest BCUT2D eigenvalue weighted by Crippen LogP contribution is -2.18. The lowest BCUT2D eigenvalue weighted by Gasteiger charge is -2.10. The van der Waals surface area contributed by atoms with E-state index < -0.39 is 6.04 Å². The Morgan fingerprint density at radius 1 is 1.56 bits per heavy atom. The summed E-state index contributed by atoms with van der Waals surface area (Å²) in [4.78, 5) is 15.4. The Morgan fingerprint density at radius 3 is 2.94 bits per heavy atom. The molecule has 0 saturated heterocycles. The van der Waals surface area contributed by atoms with E-state index in [4.69, 9.17) is 15.2 Å². The van der Waals surface area contributed by atoms with Crippen molar-refractivity contribution in [3.05, 3.63) is 23.9 Å². The van der Waals surface area contributed by atoms with Gasteiger partial charge < -0.3 is 15.2 Å². The van der Waals surface area contributed by atoms with Gasteiger partial charge in [0, 0.05) is 6.07 Å². The Kier molecular flexibility index (Phi) is 4.72. The second-order valence-corrected chi connectivity index (χ2v) is 3.22. The average Bonchev–Trinajstić information content (AvgIpc) is 2.29. The van der Waals surface area contributed by atoms with Crippen LogP contribution in [0.2, 0.25) is 0 Å². The molecule has 16 heavy (non-hydrogen) atoms. The third kappa shape index (κ3) is 3.51. The number of pyridine rings is 1. The van der Waals surface area contributed by atoms with E-state index in [1.165, 1.54) is 7.11 Å². The van der Waals surface area contributed by atoms with Gasteiger partial charge in [-0.3, -0.25) is 4.79 Å². The van der Waals surface area contributed by atoms with Gasteiger partial charge in [0.25, 0.3) is 0 Å². The summed E-state index contributed by atoms with van der Waals surface area (Å²) in [5, 5.41) is 0. The van der Waals surface area contributed by atoms with Crippen LogP contribution in [0.1, 0.15) is 25.1 Å². The molecule has 88 valence electrons. The molecule has 2 N–H and O–H groups in total. The SMILES string of the molecule is CCOC(=O)CC(N)c1cccc(OC)n1. The second kappa shape index (κ2) is 6.07. The van der Waals surface area contributed by atoms with Gasteiger partial charge in [0.05, 0.1) is 31.9 Å². The molecule has 0 amide bonds. The molecule has 0 aliphatic rings. The summed E-state index contributed by atoms with van der Waals surface area (Å²) in [5.41, 5.74) is 6.45. The quantitative estimate of drug-likeness (QED) is 0.756. The van der Waals surface area contributed by atoms with Crippen LogP contribution in [0.25, 0.3) is 0 Å². The molecule has 1 aromatic rings. The number of aromatic nitrogens is 1. The third-order valence-corrected chi connectivity index (χ3v) is 2.03. The van der Waals surface area contributed by atoms with Crippen LogP contribution in [0.5, 0.6) is 5.88 Å². The van der Waals surface area contributed by atoms with Crippen LogP contribution >= 0.6 is 0 Å². The average molecular weight is 224 g/mol. The fourth-order valence-electron chi connectivity index (χ4n) is 1.26. The van der Waals surface area contributed by atoms with Crippen molar-refractivity contribution < 1.29 is 14.3 Å². The largest absolute Gasteiger partial charge is 0.481 e. The zero-order chi connectivity index (χ0) is 12.0. The molecule has 0 aromatic carbocycles. The molecule has 0 bridgehead atoms. The molecule has 1 heterocycles. The van der Waals surface area contributed by atoms with Gasteiger partial charge in [0.2, 0.25) is 5.88 Å². The fraction of sp³-hybridized carbons (Fsp3) is 0.455. The van der Waals surface area contributed by atoms with Crippen molar-refractivity contribution in [1.29, 1.82) is 0 Å². The maximum Gasteiger partial charge on any atom is 0.307 e. The lowest BCUT2D eigenvalue weighted by atomic mass is 10.1. The highest BCUT2D eigenvalue weighted by Crippen LogP contribution is 2.15. The van der Waals surface area contributed by atoms with Crippen molar-refractivity contribution in [3.63, 3.8) is 0 Å². The van der Waals surface area contributed by atoms with Gasteiger partial charge in [-0.1, -0.05) is 6.07 Å². The molecule has 0 aliphatic heterocycles. The number of nitrogens with zero attached hydrogens (tertiary/aromatic N) is 1. The van der Waals surface area contributed by atoms with Crippen LogP contribution in [-0.2, 0) is 9.53 Å². The Bertz CT molecular complexity index is 355. The van der Waals surface area contributed by atoms with Gasteiger partial charge in [-0.15, -0.1) is 0 Å². The van der Waals surface area contributed by atoms with Gasteiger partial charge in [-0.25, -0.2) is 4.98 Å². The Morgan fingerprint density at radius 2 is 2.31 bits per heavy atom. The van der Waals surface area contributed by atoms with Crippen LogP contribution in [-0.4, -0.2) is 24.7 Å². The molecule has 1 atom stereocenters. The Hall–Kier alpha value is -1.62. The first kappa shape index (κ1) is 12.4. The summed E-state index contributed by atoms with van der Waals surface area (Å²) < 4.78 is 9.79. The minimum absolute atomic E-state index is 0.119. The van der Waals surface area contributed by atoms with Crippen molar-refractivity contribution >= 4 is 5.97 Å². The van der Waals surface area contributed by atoms with Gasteiger partial charge >= 0.3 is 5.97 Å².